The summed E-state index contributed by atoms with van der Waals surface area (Å²) in [6.45, 7) is 11.1. The fraction of sp³-hybridized carbons (Fsp3) is 0.947. The average molecular weight is 467 g/mol. The summed E-state index contributed by atoms with van der Waals surface area (Å²) >= 11 is 0. The second kappa shape index (κ2) is 12.3. The van der Waals surface area contributed by atoms with Gasteiger partial charge in [0.25, 0.3) is 0 Å². The monoisotopic (exact) mass is 467 g/mol. The lowest BCUT2D eigenvalue weighted by molar-refractivity contribution is -0.0318. The zero-order valence-corrected chi connectivity index (χ0v) is 18.6. The molecule has 2 aliphatic rings. The number of hydrogen-bond acceptors (Lipinski definition) is 3. The Labute approximate surface area is 171 Å². The van der Waals surface area contributed by atoms with Gasteiger partial charge in [0.15, 0.2) is 5.96 Å². The van der Waals surface area contributed by atoms with Crippen LogP contribution in [0.15, 0.2) is 4.99 Å². The molecule has 0 amide bonds. The Morgan fingerprint density at radius 3 is 2.48 bits per heavy atom. The summed E-state index contributed by atoms with van der Waals surface area (Å²) in [6, 6.07) is 0.564. The Morgan fingerprint density at radius 1 is 1.16 bits per heavy atom. The highest BCUT2D eigenvalue weighted by Crippen LogP contribution is 2.34. The van der Waals surface area contributed by atoms with Crippen molar-refractivity contribution in [1.82, 2.24) is 10.6 Å². The third kappa shape index (κ3) is 9.43. The van der Waals surface area contributed by atoms with Crippen molar-refractivity contribution < 1.29 is 9.47 Å². The minimum Gasteiger partial charge on any atom is -0.381 e. The first-order chi connectivity index (χ1) is 11.6. The van der Waals surface area contributed by atoms with E-state index in [1.165, 1.54) is 25.7 Å². The quantitative estimate of drug-likeness (QED) is 0.260. The summed E-state index contributed by atoms with van der Waals surface area (Å²) < 4.78 is 11.3. The van der Waals surface area contributed by atoms with Gasteiger partial charge < -0.3 is 20.1 Å². The SMILES string of the molecule is CCNC(=NCCCOC1CCOCC1)NC1CCC(C)(C)CC1.I. The molecular weight excluding hydrogens is 429 g/mol. The molecule has 2 N–H and O–H groups in total. The molecule has 1 saturated carbocycles. The summed E-state index contributed by atoms with van der Waals surface area (Å²) in [6.07, 6.45) is 8.50. The molecule has 1 aliphatic heterocycles. The van der Waals surface area contributed by atoms with Crippen molar-refractivity contribution in [2.75, 3.05) is 32.9 Å². The van der Waals surface area contributed by atoms with Crippen molar-refractivity contribution in [3.05, 3.63) is 0 Å². The number of rotatable bonds is 7. The molecule has 0 aromatic rings. The number of nitrogens with one attached hydrogen (secondary N) is 2. The zero-order chi connectivity index (χ0) is 17.3. The summed E-state index contributed by atoms with van der Waals surface area (Å²) in [5.41, 5.74) is 0.509. The first kappa shape index (κ1) is 23.0. The van der Waals surface area contributed by atoms with E-state index in [2.05, 4.69) is 31.4 Å². The van der Waals surface area contributed by atoms with Crippen LogP contribution in [0.2, 0.25) is 0 Å². The van der Waals surface area contributed by atoms with E-state index in [0.717, 1.165) is 58.1 Å². The van der Waals surface area contributed by atoms with Gasteiger partial charge in [0.2, 0.25) is 0 Å². The molecule has 1 aliphatic carbocycles. The highest BCUT2D eigenvalue weighted by Gasteiger charge is 2.27. The first-order valence-corrected chi connectivity index (χ1v) is 9.83. The first-order valence-electron chi connectivity index (χ1n) is 9.83. The van der Waals surface area contributed by atoms with E-state index in [-0.39, 0.29) is 24.0 Å². The summed E-state index contributed by atoms with van der Waals surface area (Å²) in [5, 5.41) is 6.99. The van der Waals surface area contributed by atoms with Gasteiger partial charge in [-0.25, -0.2) is 0 Å². The van der Waals surface area contributed by atoms with Gasteiger partial charge in [-0.05, 0) is 57.3 Å². The largest absolute Gasteiger partial charge is 0.381 e. The topological polar surface area (TPSA) is 54.9 Å². The molecule has 1 heterocycles. The number of aliphatic imine (C=N–C) groups is 1. The maximum atomic E-state index is 5.91. The minimum atomic E-state index is 0. The Bertz CT molecular complexity index is 375. The Balaban J connectivity index is 0.00000312. The lowest BCUT2D eigenvalue weighted by Gasteiger charge is -2.35. The fourth-order valence-corrected chi connectivity index (χ4v) is 3.41. The van der Waals surface area contributed by atoms with E-state index in [0.29, 0.717) is 17.6 Å². The second-order valence-corrected chi connectivity index (χ2v) is 7.88. The van der Waals surface area contributed by atoms with Gasteiger partial charge in [0.05, 0.1) is 6.10 Å². The lowest BCUT2D eigenvalue weighted by atomic mass is 9.75. The molecule has 0 spiro atoms. The second-order valence-electron chi connectivity index (χ2n) is 7.88. The standard InChI is InChI=1S/C19H37N3O2.HI/c1-4-20-18(22-16-6-10-19(2,3)11-7-16)21-12-5-13-24-17-8-14-23-15-9-17;/h16-17H,4-15H2,1-3H3,(H2,20,21,22);1H. The molecule has 0 aromatic carbocycles. The van der Waals surface area contributed by atoms with Gasteiger partial charge in [-0.1, -0.05) is 13.8 Å². The van der Waals surface area contributed by atoms with E-state index in [1.54, 1.807) is 0 Å². The van der Waals surface area contributed by atoms with Crippen LogP contribution in [0.1, 0.15) is 65.7 Å². The smallest absolute Gasteiger partial charge is 0.191 e. The molecule has 1 saturated heterocycles. The van der Waals surface area contributed by atoms with Crippen LogP contribution in [0.4, 0.5) is 0 Å². The van der Waals surface area contributed by atoms with Crippen molar-refractivity contribution in [2.45, 2.75) is 77.9 Å². The average Bonchev–Trinajstić information content (AvgIpc) is 2.57. The normalized spacial score (nSPS) is 22.3. The maximum absolute atomic E-state index is 5.91. The maximum Gasteiger partial charge on any atom is 0.191 e. The number of hydrogen-bond donors (Lipinski definition) is 2. The summed E-state index contributed by atoms with van der Waals surface area (Å²) in [7, 11) is 0. The van der Waals surface area contributed by atoms with Crippen LogP contribution >= 0.6 is 24.0 Å². The van der Waals surface area contributed by atoms with Crippen molar-refractivity contribution in [1.29, 1.82) is 0 Å². The molecule has 0 bridgehead atoms. The predicted molar refractivity (Wildman–Crippen MR) is 115 cm³/mol. The third-order valence-corrected chi connectivity index (χ3v) is 5.12. The lowest BCUT2D eigenvalue weighted by Crippen LogP contribution is -2.45. The zero-order valence-electron chi connectivity index (χ0n) is 16.3. The third-order valence-electron chi connectivity index (χ3n) is 5.12. The van der Waals surface area contributed by atoms with Crippen molar-refractivity contribution in [2.24, 2.45) is 10.4 Å². The molecule has 2 rings (SSSR count). The molecule has 0 atom stereocenters. The Morgan fingerprint density at radius 2 is 1.84 bits per heavy atom. The number of guanidine groups is 1. The van der Waals surface area contributed by atoms with E-state index in [9.17, 15) is 0 Å². The molecule has 2 fully saturated rings. The van der Waals surface area contributed by atoms with Crippen LogP contribution in [0, 0.1) is 5.41 Å². The summed E-state index contributed by atoms with van der Waals surface area (Å²) in [4.78, 5) is 4.72. The van der Waals surface area contributed by atoms with Crippen LogP contribution in [-0.4, -0.2) is 51.0 Å². The van der Waals surface area contributed by atoms with Gasteiger partial charge >= 0.3 is 0 Å². The van der Waals surface area contributed by atoms with Gasteiger partial charge in [-0.3, -0.25) is 4.99 Å². The fourth-order valence-electron chi connectivity index (χ4n) is 3.41. The van der Waals surface area contributed by atoms with Gasteiger partial charge in [0.1, 0.15) is 0 Å². The minimum absolute atomic E-state index is 0. The van der Waals surface area contributed by atoms with Crippen LogP contribution in [0.5, 0.6) is 0 Å². The van der Waals surface area contributed by atoms with E-state index in [1.807, 2.05) is 0 Å². The van der Waals surface area contributed by atoms with E-state index in [4.69, 9.17) is 14.5 Å². The van der Waals surface area contributed by atoms with Gasteiger partial charge in [0, 0.05) is 39.0 Å². The van der Waals surface area contributed by atoms with Crippen LogP contribution in [-0.2, 0) is 9.47 Å². The van der Waals surface area contributed by atoms with Crippen molar-refractivity contribution >= 4 is 29.9 Å². The summed E-state index contributed by atoms with van der Waals surface area (Å²) in [5.74, 6) is 0.966. The molecule has 0 aromatic heterocycles. The Kier molecular flexibility index (Phi) is 11.3. The highest BCUT2D eigenvalue weighted by molar-refractivity contribution is 14.0. The van der Waals surface area contributed by atoms with Crippen molar-refractivity contribution in [3.8, 4) is 0 Å². The molecule has 0 unspecified atom stereocenters. The number of nitrogens with zero attached hydrogens (tertiary/aromatic N) is 1. The number of halogens is 1. The Hall–Kier alpha value is -0.0800. The molecule has 0 radical (unpaired) electrons. The van der Waals surface area contributed by atoms with Crippen LogP contribution in [0.25, 0.3) is 0 Å². The molecular formula is C19H38IN3O2. The van der Waals surface area contributed by atoms with Gasteiger partial charge in [-0.15, -0.1) is 24.0 Å². The van der Waals surface area contributed by atoms with E-state index < -0.39 is 0 Å². The van der Waals surface area contributed by atoms with Crippen molar-refractivity contribution in [3.63, 3.8) is 0 Å². The van der Waals surface area contributed by atoms with Crippen LogP contribution < -0.4 is 10.6 Å². The molecule has 6 heteroatoms. The van der Waals surface area contributed by atoms with E-state index >= 15 is 0 Å². The highest BCUT2D eigenvalue weighted by atomic mass is 127. The predicted octanol–water partition coefficient (Wildman–Crippen LogP) is 3.71. The molecule has 25 heavy (non-hydrogen) atoms. The molecule has 148 valence electrons. The van der Waals surface area contributed by atoms with Crippen LogP contribution in [0.3, 0.4) is 0 Å². The number of ether oxygens (including phenoxy) is 2. The van der Waals surface area contributed by atoms with Gasteiger partial charge in [-0.2, -0.15) is 0 Å². The molecule has 5 nitrogen and oxygen atoms in total.